The van der Waals surface area contributed by atoms with E-state index in [0.29, 0.717) is 12.6 Å². The molecule has 1 fully saturated rings. The van der Waals surface area contributed by atoms with Crippen molar-refractivity contribution in [2.75, 3.05) is 37.8 Å². The number of piperidine rings is 1. The fourth-order valence-corrected chi connectivity index (χ4v) is 2.51. The Morgan fingerprint density at radius 3 is 3.05 bits per heavy atom. The van der Waals surface area contributed by atoms with E-state index in [4.69, 9.17) is 15.2 Å². The molecule has 1 atom stereocenters. The Hall–Kier alpha value is -1.26. The van der Waals surface area contributed by atoms with Gasteiger partial charge in [-0.2, -0.15) is 0 Å². The van der Waals surface area contributed by atoms with Gasteiger partial charge in [0.1, 0.15) is 5.75 Å². The van der Waals surface area contributed by atoms with Crippen LogP contribution in [0.25, 0.3) is 0 Å². The Bertz CT molecular complexity index is 398. The third-order valence-corrected chi connectivity index (χ3v) is 3.55. The zero-order valence-electron chi connectivity index (χ0n) is 12.4. The quantitative estimate of drug-likeness (QED) is 0.778. The number of hydrogen-bond acceptors (Lipinski definition) is 4. The third kappa shape index (κ3) is 4.69. The fraction of sp³-hybridized carbons (Fsp3) is 0.625. The van der Waals surface area contributed by atoms with Gasteiger partial charge in [-0.25, -0.2) is 0 Å². The largest absolute Gasteiger partial charge is 0.493 e. The first kappa shape index (κ1) is 15.1. The molecule has 4 nitrogen and oxygen atoms in total. The summed E-state index contributed by atoms with van der Waals surface area (Å²) in [5.74, 6) is 0.929. The summed E-state index contributed by atoms with van der Waals surface area (Å²) >= 11 is 0. The molecule has 2 rings (SSSR count). The molecule has 20 heavy (non-hydrogen) atoms. The number of hydrogen-bond donors (Lipinski definition) is 1. The minimum Gasteiger partial charge on any atom is -0.493 e. The highest BCUT2D eigenvalue weighted by molar-refractivity contribution is 5.51. The Kier molecular flexibility index (Phi) is 6.15. The van der Waals surface area contributed by atoms with Crippen LogP contribution in [0.1, 0.15) is 26.2 Å². The van der Waals surface area contributed by atoms with Gasteiger partial charge in [-0.1, -0.05) is 6.07 Å². The third-order valence-electron chi connectivity index (χ3n) is 3.55. The van der Waals surface area contributed by atoms with Crippen LogP contribution >= 0.6 is 0 Å². The van der Waals surface area contributed by atoms with Gasteiger partial charge < -0.3 is 20.1 Å². The summed E-state index contributed by atoms with van der Waals surface area (Å²) in [6.45, 7) is 6.26. The van der Waals surface area contributed by atoms with E-state index in [9.17, 15) is 0 Å². The van der Waals surface area contributed by atoms with Crippen LogP contribution < -0.4 is 15.4 Å². The topological polar surface area (TPSA) is 47.7 Å². The van der Waals surface area contributed by atoms with Crippen molar-refractivity contribution >= 4 is 5.69 Å². The molecule has 1 aliphatic rings. The van der Waals surface area contributed by atoms with Gasteiger partial charge in [-0.15, -0.1) is 0 Å². The molecular weight excluding hydrogens is 252 g/mol. The maximum absolute atomic E-state index is 6.04. The summed E-state index contributed by atoms with van der Waals surface area (Å²) in [6.07, 6.45) is 3.22. The summed E-state index contributed by atoms with van der Waals surface area (Å²) in [5, 5.41) is 0. The number of rotatable bonds is 7. The smallest absolute Gasteiger partial charge is 0.121 e. The average molecular weight is 278 g/mol. The molecule has 0 radical (unpaired) electrons. The normalized spacial score (nSPS) is 19.1. The van der Waals surface area contributed by atoms with E-state index in [1.807, 2.05) is 19.1 Å². The molecule has 0 bridgehead atoms. The zero-order valence-corrected chi connectivity index (χ0v) is 12.4. The molecule has 2 N–H and O–H groups in total. The van der Waals surface area contributed by atoms with E-state index >= 15 is 0 Å². The lowest BCUT2D eigenvalue weighted by Gasteiger charge is -2.32. The van der Waals surface area contributed by atoms with Crippen LogP contribution in [0.2, 0.25) is 0 Å². The number of benzene rings is 1. The second-order valence-corrected chi connectivity index (χ2v) is 5.24. The Labute approximate surface area is 121 Å². The summed E-state index contributed by atoms with van der Waals surface area (Å²) < 4.78 is 11.1. The highest BCUT2D eigenvalue weighted by atomic mass is 16.5. The molecule has 0 spiro atoms. The highest BCUT2D eigenvalue weighted by Gasteiger charge is 2.17. The molecule has 112 valence electrons. The monoisotopic (exact) mass is 278 g/mol. The maximum atomic E-state index is 6.04. The number of nitrogens with zero attached hydrogens (tertiary/aromatic N) is 1. The Morgan fingerprint density at radius 1 is 1.35 bits per heavy atom. The van der Waals surface area contributed by atoms with Crippen LogP contribution in [-0.4, -0.2) is 39.0 Å². The van der Waals surface area contributed by atoms with Gasteiger partial charge in [0.2, 0.25) is 0 Å². The molecule has 1 heterocycles. The molecule has 4 heteroatoms. The van der Waals surface area contributed by atoms with Crippen molar-refractivity contribution < 1.29 is 9.47 Å². The second kappa shape index (κ2) is 8.12. The van der Waals surface area contributed by atoms with Crippen molar-refractivity contribution in [3.05, 3.63) is 24.3 Å². The van der Waals surface area contributed by atoms with Crippen LogP contribution in [0, 0.1) is 0 Å². The van der Waals surface area contributed by atoms with Crippen molar-refractivity contribution in [3.8, 4) is 5.75 Å². The first-order chi connectivity index (χ1) is 9.79. The molecule has 1 saturated heterocycles. The lowest BCUT2D eigenvalue weighted by atomic mass is 10.1. The van der Waals surface area contributed by atoms with Gasteiger partial charge in [0.15, 0.2) is 0 Å². The van der Waals surface area contributed by atoms with E-state index in [2.05, 4.69) is 17.0 Å². The maximum Gasteiger partial charge on any atom is 0.121 e. The van der Waals surface area contributed by atoms with Crippen LogP contribution in [0.4, 0.5) is 5.69 Å². The first-order valence-electron chi connectivity index (χ1n) is 7.60. The number of anilines is 1. The fourth-order valence-electron chi connectivity index (χ4n) is 2.51. The van der Waals surface area contributed by atoms with Gasteiger partial charge in [0.25, 0.3) is 0 Å². The van der Waals surface area contributed by atoms with Crippen molar-refractivity contribution in [1.82, 2.24) is 0 Å². The molecule has 0 aromatic heterocycles. The zero-order chi connectivity index (χ0) is 14.2. The van der Waals surface area contributed by atoms with E-state index in [0.717, 1.165) is 44.9 Å². The second-order valence-electron chi connectivity index (χ2n) is 5.24. The molecule has 1 unspecified atom stereocenters. The summed E-state index contributed by atoms with van der Waals surface area (Å²) in [5.41, 5.74) is 7.25. The SMILES string of the molecule is CCOCCCOc1cccc(N2CCCC(N)C2)c1. The molecule has 1 aromatic rings. The van der Waals surface area contributed by atoms with E-state index < -0.39 is 0 Å². The lowest BCUT2D eigenvalue weighted by Crippen LogP contribution is -2.42. The Balaban J connectivity index is 1.84. The van der Waals surface area contributed by atoms with Crippen molar-refractivity contribution in [2.45, 2.75) is 32.2 Å². The summed E-state index contributed by atoms with van der Waals surface area (Å²) in [7, 11) is 0. The van der Waals surface area contributed by atoms with Crippen molar-refractivity contribution in [1.29, 1.82) is 0 Å². The number of ether oxygens (including phenoxy) is 2. The van der Waals surface area contributed by atoms with Crippen LogP contribution in [0.5, 0.6) is 5.75 Å². The van der Waals surface area contributed by atoms with E-state index in [1.54, 1.807) is 0 Å². The highest BCUT2D eigenvalue weighted by Crippen LogP contribution is 2.24. The summed E-state index contributed by atoms with van der Waals surface area (Å²) in [4.78, 5) is 2.35. The van der Waals surface area contributed by atoms with Gasteiger partial charge in [-0.3, -0.25) is 0 Å². The van der Waals surface area contributed by atoms with Crippen molar-refractivity contribution in [2.24, 2.45) is 5.73 Å². The average Bonchev–Trinajstić information content (AvgIpc) is 2.47. The molecular formula is C16H26N2O2. The van der Waals surface area contributed by atoms with Gasteiger partial charge in [0, 0.05) is 50.5 Å². The lowest BCUT2D eigenvalue weighted by molar-refractivity contribution is 0.131. The molecule has 0 amide bonds. The van der Waals surface area contributed by atoms with Crippen molar-refractivity contribution in [3.63, 3.8) is 0 Å². The van der Waals surface area contributed by atoms with E-state index in [-0.39, 0.29) is 0 Å². The van der Waals surface area contributed by atoms with Gasteiger partial charge >= 0.3 is 0 Å². The standard InChI is InChI=1S/C16H26N2O2/c1-2-19-10-5-11-20-16-8-3-7-15(12-16)18-9-4-6-14(17)13-18/h3,7-8,12,14H,2,4-6,9-11,13,17H2,1H3. The predicted octanol–water partition coefficient (Wildman–Crippen LogP) is 2.42. The minimum absolute atomic E-state index is 0.291. The van der Waals surface area contributed by atoms with E-state index in [1.165, 1.54) is 12.1 Å². The van der Waals surface area contributed by atoms with Crippen LogP contribution in [0.15, 0.2) is 24.3 Å². The molecule has 0 saturated carbocycles. The number of nitrogens with two attached hydrogens (primary N) is 1. The molecule has 1 aliphatic heterocycles. The molecule has 1 aromatic carbocycles. The van der Waals surface area contributed by atoms with Gasteiger partial charge in [0.05, 0.1) is 6.61 Å². The summed E-state index contributed by atoms with van der Waals surface area (Å²) in [6, 6.07) is 8.59. The first-order valence-corrected chi connectivity index (χ1v) is 7.60. The Morgan fingerprint density at radius 2 is 2.25 bits per heavy atom. The minimum atomic E-state index is 0.291. The van der Waals surface area contributed by atoms with Gasteiger partial charge in [-0.05, 0) is 31.9 Å². The van der Waals surface area contributed by atoms with Crippen LogP contribution in [-0.2, 0) is 4.74 Å². The molecule has 0 aliphatic carbocycles. The van der Waals surface area contributed by atoms with Crippen LogP contribution in [0.3, 0.4) is 0 Å². The predicted molar refractivity (Wildman–Crippen MR) is 82.5 cm³/mol.